The Morgan fingerprint density at radius 2 is 2.44 bits per heavy atom. The lowest BCUT2D eigenvalue weighted by Gasteiger charge is -2.10. The van der Waals surface area contributed by atoms with Crippen LogP contribution in [0, 0.1) is 17.2 Å². The number of hydrogen-bond acceptors (Lipinski definition) is 4. The van der Waals surface area contributed by atoms with E-state index in [9.17, 15) is 0 Å². The van der Waals surface area contributed by atoms with Gasteiger partial charge >= 0.3 is 0 Å². The summed E-state index contributed by atoms with van der Waals surface area (Å²) >= 11 is 2.05. The maximum Gasteiger partial charge on any atom is 0.174 e. The maximum atomic E-state index is 8.47. The molecule has 0 aromatic heterocycles. The molecule has 0 saturated carbocycles. The predicted molar refractivity (Wildman–Crippen MR) is 74.7 cm³/mol. The molecule has 1 aromatic carbocycles. The molecule has 1 heterocycles. The average Bonchev–Trinajstić information content (AvgIpc) is 2.90. The fourth-order valence-electron chi connectivity index (χ4n) is 2.03. The lowest BCUT2D eigenvalue weighted by atomic mass is 10.1. The van der Waals surface area contributed by atoms with Gasteiger partial charge in [0.2, 0.25) is 0 Å². The van der Waals surface area contributed by atoms with E-state index < -0.39 is 0 Å². The molecule has 1 unspecified atom stereocenters. The molecule has 3 nitrogen and oxygen atoms in total. The Kier molecular flexibility index (Phi) is 5.37. The van der Waals surface area contributed by atoms with Crippen LogP contribution in [-0.4, -0.2) is 24.7 Å². The first-order chi connectivity index (χ1) is 8.88. The minimum absolute atomic E-state index is 0.107. The van der Waals surface area contributed by atoms with Crippen LogP contribution in [0.1, 0.15) is 12.0 Å². The second-order valence-corrected chi connectivity index (χ2v) is 5.60. The molecule has 18 heavy (non-hydrogen) atoms. The molecule has 96 valence electrons. The van der Waals surface area contributed by atoms with Crippen LogP contribution < -0.4 is 10.1 Å². The van der Waals surface area contributed by atoms with E-state index >= 15 is 0 Å². The topological polar surface area (TPSA) is 45.0 Å². The van der Waals surface area contributed by atoms with Crippen LogP contribution in [0.5, 0.6) is 5.75 Å². The molecule has 1 atom stereocenters. The van der Waals surface area contributed by atoms with Crippen molar-refractivity contribution in [2.24, 2.45) is 5.92 Å². The number of nitrogens with zero attached hydrogens (tertiary/aromatic N) is 1. The van der Waals surface area contributed by atoms with Gasteiger partial charge in [0.1, 0.15) is 11.8 Å². The van der Waals surface area contributed by atoms with Crippen LogP contribution in [0.2, 0.25) is 0 Å². The molecule has 0 aliphatic carbocycles. The first-order valence-corrected chi connectivity index (χ1v) is 7.41. The Morgan fingerprint density at radius 3 is 3.22 bits per heavy atom. The van der Waals surface area contributed by atoms with Crippen molar-refractivity contribution in [2.75, 3.05) is 24.7 Å². The minimum Gasteiger partial charge on any atom is -0.479 e. The van der Waals surface area contributed by atoms with E-state index in [-0.39, 0.29) is 6.61 Å². The van der Waals surface area contributed by atoms with Gasteiger partial charge in [-0.15, -0.1) is 0 Å². The van der Waals surface area contributed by atoms with Gasteiger partial charge in [0, 0.05) is 6.54 Å². The lowest BCUT2D eigenvalue weighted by molar-refractivity contribution is 0.367. The molecular formula is C14H18N2OS. The van der Waals surface area contributed by atoms with Gasteiger partial charge in [0.05, 0.1) is 0 Å². The van der Waals surface area contributed by atoms with Crippen molar-refractivity contribution in [3.8, 4) is 11.8 Å². The monoisotopic (exact) mass is 262 g/mol. The molecule has 0 spiro atoms. The van der Waals surface area contributed by atoms with Crippen LogP contribution in [-0.2, 0) is 6.54 Å². The van der Waals surface area contributed by atoms with Gasteiger partial charge in [0.15, 0.2) is 6.61 Å². The summed E-state index contributed by atoms with van der Waals surface area (Å²) in [7, 11) is 0. The predicted octanol–water partition coefficient (Wildman–Crippen LogP) is 2.43. The first-order valence-electron chi connectivity index (χ1n) is 6.25. The summed E-state index contributed by atoms with van der Waals surface area (Å²) in [4.78, 5) is 0. The van der Waals surface area contributed by atoms with Gasteiger partial charge in [-0.25, -0.2) is 0 Å². The minimum atomic E-state index is 0.107. The van der Waals surface area contributed by atoms with E-state index in [4.69, 9.17) is 10.00 Å². The van der Waals surface area contributed by atoms with Crippen molar-refractivity contribution < 1.29 is 4.74 Å². The fraction of sp³-hybridized carbons (Fsp3) is 0.500. The zero-order valence-electron chi connectivity index (χ0n) is 10.4. The molecule has 1 aromatic rings. The van der Waals surface area contributed by atoms with Crippen LogP contribution in [0.25, 0.3) is 0 Å². The molecule has 4 heteroatoms. The molecule has 0 bridgehead atoms. The molecule has 1 fully saturated rings. The summed E-state index contributed by atoms with van der Waals surface area (Å²) < 4.78 is 5.28. The number of rotatable bonds is 6. The highest BCUT2D eigenvalue weighted by atomic mass is 32.2. The number of nitriles is 1. The summed E-state index contributed by atoms with van der Waals surface area (Å²) in [5.74, 6) is 4.20. The molecule has 1 aliphatic rings. The normalized spacial score (nSPS) is 18.5. The van der Waals surface area contributed by atoms with Crippen LogP contribution in [0.3, 0.4) is 0 Å². The SMILES string of the molecule is N#CCOc1cccc(CNCC2CCSC2)c1. The van der Waals surface area contributed by atoms with Gasteiger partial charge in [-0.1, -0.05) is 12.1 Å². The smallest absolute Gasteiger partial charge is 0.174 e. The van der Waals surface area contributed by atoms with Gasteiger partial charge < -0.3 is 10.1 Å². The summed E-state index contributed by atoms with van der Waals surface area (Å²) in [6, 6.07) is 9.90. The van der Waals surface area contributed by atoms with E-state index in [1.807, 2.05) is 36.0 Å². The Labute approximate surface area is 113 Å². The number of thioether (sulfide) groups is 1. The summed E-state index contributed by atoms with van der Waals surface area (Å²) in [5, 5.41) is 12.0. The molecule has 0 amide bonds. The van der Waals surface area contributed by atoms with Crippen LogP contribution in [0.15, 0.2) is 24.3 Å². The van der Waals surface area contributed by atoms with Crippen LogP contribution in [0.4, 0.5) is 0 Å². The highest BCUT2D eigenvalue weighted by Gasteiger charge is 2.14. The highest BCUT2D eigenvalue weighted by Crippen LogP contribution is 2.22. The van der Waals surface area contributed by atoms with E-state index in [1.54, 1.807) is 0 Å². The van der Waals surface area contributed by atoms with E-state index in [0.717, 1.165) is 24.8 Å². The first kappa shape index (κ1) is 13.3. The Balaban J connectivity index is 1.76. The summed E-state index contributed by atoms with van der Waals surface area (Å²) in [6.45, 7) is 2.07. The third kappa shape index (κ3) is 4.25. The van der Waals surface area contributed by atoms with Crippen LogP contribution >= 0.6 is 11.8 Å². The third-order valence-electron chi connectivity index (χ3n) is 2.99. The van der Waals surface area contributed by atoms with Crippen molar-refractivity contribution in [3.05, 3.63) is 29.8 Å². The molecule has 1 saturated heterocycles. The molecular weight excluding hydrogens is 244 g/mol. The zero-order valence-corrected chi connectivity index (χ0v) is 11.2. The molecule has 1 N–H and O–H groups in total. The summed E-state index contributed by atoms with van der Waals surface area (Å²) in [5.41, 5.74) is 1.20. The Morgan fingerprint density at radius 1 is 1.50 bits per heavy atom. The Bertz CT molecular complexity index is 411. The van der Waals surface area contributed by atoms with Gasteiger partial charge in [-0.2, -0.15) is 17.0 Å². The standard InChI is InChI=1S/C14H18N2OS/c15-5-6-17-14-3-1-2-12(8-14)9-16-10-13-4-7-18-11-13/h1-3,8,13,16H,4,6-7,9-11H2. The van der Waals surface area contributed by atoms with E-state index in [1.165, 1.54) is 23.5 Å². The quantitative estimate of drug-likeness (QED) is 0.855. The number of hydrogen-bond donors (Lipinski definition) is 1. The average molecular weight is 262 g/mol. The van der Waals surface area contributed by atoms with Crippen molar-refractivity contribution in [1.82, 2.24) is 5.32 Å². The van der Waals surface area contributed by atoms with Gasteiger partial charge in [0.25, 0.3) is 0 Å². The van der Waals surface area contributed by atoms with Gasteiger partial charge in [-0.3, -0.25) is 0 Å². The molecule has 1 aliphatic heterocycles. The Hall–Kier alpha value is -1.18. The van der Waals surface area contributed by atoms with E-state index in [0.29, 0.717) is 0 Å². The van der Waals surface area contributed by atoms with Crippen molar-refractivity contribution in [2.45, 2.75) is 13.0 Å². The highest BCUT2D eigenvalue weighted by molar-refractivity contribution is 7.99. The molecule has 2 rings (SSSR count). The number of benzene rings is 1. The van der Waals surface area contributed by atoms with Crippen molar-refractivity contribution >= 4 is 11.8 Å². The maximum absolute atomic E-state index is 8.47. The second kappa shape index (κ2) is 7.30. The molecule has 0 radical (unpaired) electrons. The van der Waals surface area contributed by atoms with Crippen molar-refractivity contribution in [1.29, 1.82) is 5.26 Å². The van der Waals surface area contributed by atoms with Crippen molar-refractivity contribution in [3.63, 3.8) is 0 Å². The number of nitrogens with one attached hydrogen (secondary N) is 1. The lowest BCUT2D eigenvalue weighted by Crippen LogP contribution is -2.22. The second-order valence-electron chi connectivity index (χ2n) is 4.45. The number of ether oxygens (including phenoxy) is 1. The van der Waals surface area contributed by atoms with E-state index in [2.05, 4.69) is 11.4 Å². The summed E-state index contributed by atoms with van der Waals surface area (Å²) in [6.07, 6.45) is 1.34. The van der Waals surface area contributed by atoms with Gasteiger partial charge in [-0.05, 0) is 48.1 Å². The zero-order chi connectivity index (χ0) is 12.6. The third-order valence-corrected chi connectivity index (χ3v) is 4.22. The fourth-order valence-corrected chi connectivity index (χ4v) is 3.31. The largest absolute Gasteiger partial charge is 0.479 e.